The van der Waals surface area contributed by atoms with Crippen molar-refractivity contribution in [3.63, 3.8) is 0 Å². The van der Waals surface area contributed by atoms with Gasteiger partial charge in [0.15, 0.2) is 5.82 Å². The molecule has 1 saturated heterocycles. The van der Waals surface area contributed by atoms with E-state index in [1.807, 2.05) is 13.1 Å². The maximum Gasteiger partial charge on any atom is 0.490 e. The van der Waals surface area contributed by atoms with Gasteiger partial charge in [-0.3, -0.25) is 9.62 Å². The molecule has 4 rings (SSSR count). The molecular weight excluding hydrogens is 565 g/mol. The fourth-order valence-corrected chi connectivity index (χ4v) is 5.94. The molecule has 8 nitrogen and oxygen atoms in total. The summed E-state index contributed by atoms with van der Waals surface area (Å²) in [6.45, 7) is 4.17. The highest BCUT2D eigenvalue weighted by Gasteiger charge is 2.38. The van der Waals surface area contributed by atoms with Crippen molar-refractivity contribution in [3.8, 4) is 0 Å². The van der Waals surface area contributed by atoms with Crippen LogP contribution in [0, 0.1) is 0 Å². The summed E-state index contributed by atoms with van der Waals surface area (Å²) < 4.78 is 59.4. The van der Waals surface area contributed by atoms with Crippen molar-refractivity contribution in [2.24, 2.45) is 0 Å². The Hall–Kier alpha value is -2.87. The van der Waals surface area contributed by atoms with Crippen molar-refractivity contribution in [2.75, 3.05) is 29.8 Å². The predicted octanol–water partition coefficient (Wildman–Crippen LogP) is 5.50. The first-order valence-corrected chi connectivity index (χ1v) is 14.1. The number of aromatic nitrogens is 1. The van der Waals surface area contributed by atoms with Gasteiger partial charge >= 0.3 is 12.1 Å². The van der Waals surface area contributed by atoms with Crippen LogP contribution in [0.5, 0.6) is 0 Å². The summed E-state index contributed by atoms with van der Waals surface area (Å²) in [6, 6.07) is 16.0. The monoisotopic (exact) mass is 590 g/mol. The second-order valence-electron chi connectivity index (χ2n) is 8.53. The molecule has 2 aromatic carbocycles. The van der Waals surface area contributed by atoms with Gasteiger partial charge in [-0.1, -0.05) is 41.9 Å². The molecule has 0 amide bonds. The number of hydrogen-bond donors (Lipinski definition) is 2. The standard InChI is InChI=1S/C22H25ClN4O2S2.C2HF3O2/c1-16(17-6-4-3-5-7-17)27-11-10-18(13-27)26(2)21-9-8-19(12-20(21)23)31(28,29)25-22-14-30-15-24-22;3-2(4,5)1(6)7/h3-9,12,14-16,18,25H,10-11,13H2,1-2H3;(H,6,7)/t16-,18?;/m1./s1. The summed E-state index contributed by atoms with van der Waals surface area (Å²) >= 11 is 7.85. The SMILES string of the molecule is C[C@H](c1ccccc1)N1CCC(N(C)c2ccc(S(=O)(=O)Nc3cscn3)cc2Cl)C1.O=C(O)C(F)(F)F. The minimum atomic E-state index is -5.08. The molecular formula is C24H26ClF3N4O4S2. The second-order valence-corrected chi connectivity index (χ2v) is 11.3. The molecule has 0 bridgehead atoms. The molecule has 38 heavy (non-hydrogen) atoms. The average Bonchev–Trinajstić information content (AvgIpc) is 3.56. The second kappa shape index (κ2) is 12.3. The lowest BCUT2D eigenvalue weighted by Gasteiger charge is -2.30. The number of nitrogens with zero attached hydrogens (tertiary/aromatic N) is 3. The number of likely N-dealkylation sites (tertiary alicyclic amines) is 1. The molecule has 1 fully saturated rings. The fourth-order valence-electron chi connectivity index (χ4n) is 3.98. The van der Waals surface area contributed by atoms with Crippen molar-refractivity contribution < 1.29 is 31.5 Å². The van der Waals surface area contributed by atoms with Crippen LogP contribution < -0.4 is 9.62 Å². The van der Waals surface area contributed by atoms with Gasteiger partial charge in [0.2, 0.25) is 0 Å². The number of carboxylic acids is 1. The molecule has 2 atom stereocenters. The lowest BCUT2D eigenvalue weighted by atomic mass is 10.1. The van der Waals surface area contributed by atoms with E-state index in [-0.39, 0.29) is 4.90 Å². The number of aliphatic carboxylic acids is 1. The molecule has 2 heterocycles. The molecule has 1 aliphatic rings. The van der Waals surface area contributed by atoms with Crippen LogP contribution in [-0.4, -0.2) is 61.7 Å². The van der Waals surface area contributed by atoms with Crippen LogP contribution in [0.25, 0.3) is 0 Å². The zero-order valence-corrected chi connectivity index (χ0v) is 22.8. The summed E-state index contributed by atoms with van der Waals surface area (Å²) in [6.07, 6.45) is -4.06. The van der Waals surface area contributed by atoms with Crippen LogP contribution in [-0.2, 0) is 14.8 Å². The Bertz CT molecular complexity index is 1330. The summed E-state index contributed by atoms with van der Waals surface area (Å²) in [7, 11) is -1.72. The lowest BCUT2D eigenvalue weighted by Crippen LogP contribution is -2.35. The normalized spacial score (nSPS) is 16.8. The third kappa shape index (κ3) is 7.59. The van der Waals surface area contributed by atoms with Crippen LogP contribution in [0.3, 0.4) is 0 Å². The van der Waals surface area contributed by atoms with Crippen LogP contribution in [0.15, 0.2) is 64.3 Å². The molecule has 14 heteroatoms. The maximum absolute atomic E-state index is 12.6. The van der Waals surface area contributed by atoms with Crippen LogP contribution >= 0.6 is 22.9 Å². The molecule has 0 radical (unpaired) electrons. The van der Waals surface area contributed by atoms with Crippen molar-refractivity contribution in [1.29, 1.82) is 0 Å². The third-order valence-corrected chi connectivity index (χ3v) is 8.34. The molecule has 0 aliphatic carbocycles. The summed E-state index contributed by atoms with van der Waals surface area (Å²) in [5.41, 5.74) is 3.71. The molecule has 1 aromatic heterocycles. The van der Waals surface area contributed by atoms with E-state index in [4.69, 9.17) is 21.5 Å². The number of rotatable bonds is 7. The van der Waals surface area contributed by atoms with E-state index in [1.54, 1.807) is 23.0 Å². The van der Waals surface area contributed by atoms with E-state index >= 15 is 0 Å². The van der Waals surface area contributed by atoms with Crippen molar-refractivity contribution in [1.82, 2.24) is 9.88 Å². The number of sulfonamides is 1. The Morgan fingerprint density at radius 2 is 1.92 bits per heavy atom. The predicted molar refractivity (Wildman–Crippen MR) is 141 cm³/mol. The first kappa shape index (κ1) is 29.7. The van der Waals surface area contributed by atoms with E-state index in [9.17, 15) is 21.6 Å². The van der Waals surface area contributed by atoms with Crippen molar-refractivity contribution >= 4 is 50.4 Å². The van der Waals surface area contributed by atoms with Crippen molar-refractivity contribution in [3.05, 3.63) is 70.0 Å². The maximum atomic E-state index is 12.6. The molecule has 206 valence electrons. The van der Waals surface area contributed by atoms with Gasteiger partial charge in [-0.25, -0.2) is 18.2 Å². The van der Waals surface area contributed by atoms with Gasteiger partial charge in [0.1, 0.15) is 0 Å². The lowest BCUT2D eigenvalue weighted by molar-refractivity contribution is -0.192. The van der Waals surface area contributed by atoms with E-state index in [0.717, 1.165) is 25.2 Å². The highest BCUT2D eigenvalue weighted by atomic mass is 35.5. The Labute approximate surface area is 227 Å². The van der Waals surface area contributed by atoms with Gasteiger partial charge in [0, 0.05) is 37.6 Å². The summed E-state index contributed by atoms with van der Waals surface area (Å²) in [4.78, 5) is 17.6. The van der Waals surface area contributed by atoms with E-state index in [0.29, 0.717) is 22.9 Å². The number of alkyl halides is 3. The van der Waals surface area contributed by atoms with Gasteiger partial charge in [-0.05, 0) is 37.1 Å². The fraction of sp³-hybridized carbons (Fsp3) is 0.333. The summed E-state index contributed by atoms with van der Waals surface area (Å²) in [5, 5.41) is 9.18. The third-order valence-electron chi connectivity index (χ3n) is 6.10. The minimum absolute atomic E-state index is 0.119. The highest BCUT2D eigenvalue weighted by molar-refractivity contribution is 7.92. The quantitative estimate of drug-likeness (QED) is 0.374. The Morgan fingerprint density at radius 3 is 2.47 bits per heavy atom. The molecule has 2 N–H and O–H groups in total. The smallest absolute Gasteiger partial charge is 0.475 e. The van der Waals surface area contributed by atoms with Crippen LogP contribution in [0.1, 0.15) is 24.9 Å². The first-order valence-electron chi connectivity index (χ1n) is 11.3. The number of halogens is 4. The van der Waals surface area contributed by atoms with Crippen LogP contribution in [0.4, 0.5) is 24.7 Å². The zero-order chi connectivity index (χ0) is 28.1. The molecule has 0 spiro atoms. The van der Waals surface area contributed by atoms with Gasteiger partial charge in [0.25, 0.3) is 10.0 Å². The average molecular weight is 591 g/mol. The topological polar surface area (TPSA) is 103 Å². The highest BCUT2D eigenvalue weighted by Crippen LogP contribution is 2.33. The number of nitrogens with one attached hydrogen (secondary N) is 1. The Balaban J connectivity index is 0.000000505. The zero-order valence-electron chi connectivity index (χ0n) is 20.4. The molecule has 0 saturated carbocycles. The van der Waals surface area contributed by atoms with Gasteiger partial charge in [-0.2, -0.15) is 13.2 Å². The van der Waals surface area contributed by atoms with Gasteiger partial charge in [-0.15, -0.1) is 11.3 Å². The number of carbonyl (C=O) groups is 1. The number of hydrogen-bond acceptors (Lipinski definition) is 7. The van der Waals surface area contributed by atoms with E-state index in [1.165, 1.54) is 23.0 Å². The molecule has 1 unspecified atom stereocenters. The number of likely N-dealkylation sites (N-methyl/N-ethyl adjacent to an activating group) is 1. The minimum Gasteiger partial charge on any atom is -0.475 e. The van der Waals surface area contributed by atoms with Crippen LogP contribution in [0.2, 0.25) is 5.02 Å². The molecule has 1 aliphatic heterocycles. The number of benzene rings is 2. The number of carboxylic acid groups (broad SMARTS) is 1. The number of thiazole rings is 1. The van der Waals surface area contributed by atoms with Gasteiger partial charge < -0.3 is 10.0 Å². The molecule has 3 aromatic rings. The first-order chi connectivity index (χ1) is 17.8. The van der Waals surface area contributed by atoms with Crippen molar-refractivity contribution in [2.45, 2.75) is 36.5 Å². The Morgan fingerprint density at radius 1 is 1.26 bits per heavy atom. The number of anilines is 2. The largest absolute Gasteiger partial charge is 0.490 e. The van der Waals surface area contributed by atoms with Gasteiger partial charge in [0.05, 0.1) is 21.1 Å². The van der Waals surface area contributed by atoms with E-state index in [2.05, 4.69) is 50.7 Å². The Kier molecular flexibility index (Phi) is 9.63. The van der Waals surface area contributed by atoms with E-state index < -0.39 is 22.2 Å². The summed E-state index contributed by atoms with van der Waals surface area (Å²) in [5.74, 6) is -2.45.